The van der Waals surface area contributed by atoms with Gasteiger partial charge in [-0.25, -0.2) is 0 Å². The van der Waals surface area contributed by atoms with Crippen LogP contribution in [0.4, 0.5) is 0 Å². The second-order valence-corrected chi connectivity index (χ2v) is 3.29. The topological polar surface area (TPSA) is 18.5 Å². The van der Waals surface area contributed by atoms with Crippen LogP contribution in [0, 0.1) is 0 Å². The molecule has 2 atom stereocenters. The van der Waals surface area contributed by atoms with Gasteiger partial charge in [0.2, 0.25) is 0 Å². The maximum atomic E-state index is 5.40. The Bertz CT molecular complexity index is 114. The van der Waals surface area contributed by atoms with Crippen LogP contribution in [0.25, 0.3) is 0 Å². The van der Waals surface area contributed by atoms with E-state index in [1.165, 1.54) is 0 Å². The van der Waals surface area contributed by atoms with Gasteiger partial charge in [0, 0.05) is 20.1 Å². The molecule has 1 fully saturated rings. The van der Waals surface area contributed by atoms with Crippen LogP contribution in [0.1, 0.15) is 26.7 Å². The van der Waals surface area contributed by atoms with Crippen LogP contribution in [-0.2, 0) is 9.47 Å². The van der Waals surface area contributed by atoms with Gasteiger partial charge in [0.05, 0.1) is 11.7 Å². The first kappa shape index (κ1) is 8.02. The van der Waals surface area contributed by atoms with E-state index in [0.29, 0.717) is 6.10 Å². The molecule has 0 bridgehead atoms. The molecule has 0 aromatic carbocycles. The summed E-state index contributed by atoms with van der Waals surface area (Å²) in [5.74, 6) is 0. The molecule has 1 heterocycles. The van der Waals surface area contributed by atoms with E-state index >= 15 is 0 Å². The van der Waals surface area contributed by atoms with Gasteiger partial charge in [-0.15, -0.1) is 0 Å². The Balaban J connectivity index is 2.45. The van der Waals surface area contributed by atoms with Crippen molar-refractivity contribution in [2.45, 2.75) is 38.4 Å². The Morgan fingerprint density at radius 3 is 2.70 bits per heavy atom. The molecule has 1 rings (SSSR count). The molecule has 0 aromatic rings. The molecule has 0 amide bonds. The van der Waals surface area contributed by atoms with Gasteiger partial charge in [-0.1, -0.05) is 0 Å². The summed E-state index contributed by atoms with van der Waals surface area (Å²) < 4.78 is 10.8. The summed E-state index contributed by atoms with van der Waals surface area (Å²) >= 11 is 0. The van der Waals surface area contributed by atoms with Gasteiger partial charge >= 0.3 is 0 Å². The molecule has 0 spiro atoms. The molecule has 2 unspecified atom stereocenters. The van der Waals surface area contributed by atoms with E-state index in [4.69, 9.17) is 9.47 Å². The van der Waals surface area contributed by atoms with E-state index in [1.54, 1.807) is 7.11 Å². The lowest BCUT2D eigenvalue weighted by Crippen LogP contribution is -2.38. The molecule has 2 heteroatoms. The fourth-order valence-corrected chi connectivity index (χ4v) is 1.43. The van der Waals surface area contributed by atoms with Gasteiger partial charge in [-0.2, -0.15) is 0 Å². The summed E-state index contributed by atoms with van der Waals surface area (Å²) in [6, 6.07) is 0. The molecule has 60 valence electrons. The first-order valence-corrected chi connectivity index (χ1v) is 3.83. The maximum absolute atomic E-state index is 5.40. The van der Waals surface area contributed by atoms with E-state index in [9.17, 15) is 0 Å². The third-order valence-corrected chi connectivity index (χ3v) is 2.25. The van der Waals surface area contributed by atoms with Crippen LogP contribution >= 0.6 is 0 Å². The van der Waals surface area contributed by atoms with Crippen LogP contribution in [0.3, 0.4) is 0 Å². The lowest BCUT2D eigenvalue weighted by atomic mass is 9.93. The summed E-state index contributed by atoms with van der Waals surface area (Å²) in [4.78, 5) is 0. The van der Waals surface area contributed by atoms with Crippen molar-refractivity contribution < 1.29 is 9.47 Å². The second-order valence-electron chi connectivity index (χ2n) is 3.29. The van der Waals surface area contributed by atoms with Crippen molar-refractivity contribution in [3.63, 3.8) is 0 Å². The van der Waals surface area contributed by atoms with Crippen molar-refractivity contribution in [1.82, 2.24) is 0 Å². The zero-order valence-corrected chi connectivity index (χ0v) is 7.02. The summed E-state index contributed by atoms with van der Waals surface area (Å²) in [7, 11) is 1.78. The summed E-state index contributed by atoms with van der Waals surface area (Å²) in [5, 5.41) is 0. The Kier molecular flexibility index (Phi) is 2.32. The summed E-state index contributed by atoms with van der Waals surface area (Å²) in [5.41, 5.74) is 0.0671. The maximum Gasteiger partial charge on any atom is 0.0697 e. The van der Waals surface area contributed by atoms with Crippen molar-refractivity contribution >= 4 is 0 Å². The van der Waals surface area contributed by atoms with Crippen molar-refractivity contribution in [1.29, 1.82) is 0 Å². The average Bonchev–Trinajstić information content (AvgIpc) is 1.88. The van der Waals surface area contributed by atoms with Gasteiger partial charge in [0.25, 0.3) is 0 Å². The SMILES string of the molecule is COC1(C)CCOC(C)C1. The molecule has 0 aliphatic carbocycles. The first-order valence-electron chi connectivity index (χ1n) is 3.83. The molecular weight excluding hydrogens is 128 g/mol. The van der Waals surface area contributed by atoms with Crippen LogP contribution in [0.15, 0.2) is 0 Å². The Labute approximate surface area is 62.5 Å². The standard InChI is InChI=1S/C8H16O2/c1-7-6-8(2,9-3)4-5-10-7/h7H,4-6H2,1-3H3. The molecule has 0 radical (unpaired) electrons. The van der Waals surface area contributed by atoms with Gasteiger partial charge in [-0.3, -0.25) is 0 Å². The van der Waals surface area contributed by atoms with Crippen molar-refractivity contribution in [3.8, 4) is 0 Å². The monoisotopic (exact) mass is 144 g/mol. The zero-order valence-electron chi connectivity index (χ0n) is 7.02. The van der Waals surface area contributed by atoms with Gasteiger partial charge < -0.3 is 9.47 Å². The molecule has 1 aliphatic heterocycles. The number of methoxy groups -OCH3 is 1. The molecule has 2 nitrogen and oxygen atoms in total. The second kappa shape index (κ2) is 2.89. The minimum Gasteiger partial charge on any atom is -0.378 e. The highest BCUT2D eigenvalue weighted by molar-refractivity contribution is 4.80. The predicted octanol–water partition coefficient (Wildman–Crippen LogP) is 1.59. The van der Waals surface area contributed by atoms with E-state index in [0.717, 1.165) is 19.4 Å². The van der Waals surface area contributed by atoms with Crippen molar-refractivity contribution in [2.75, 3.05) is 13.7 Å². The lowest BCUT2D eigenvalue weighted by molar-refractivity contribution is -0.107. The third kappa shape index (κ3) is 1.70. The third-order valence-electron chi connectivity index (χ3n) is 2.25. The van der Waals surface area contributed by atoms with Crippen molar-refractivity contribution in [2.24, 2.45) is 0 Å². The van der Waals surface area contributed by atoms with E-state index in [-0.39, 0.29) is 5.60 Å². The molecule has 0 aromatic heterocycles. The highest BCUT2D eigenvalue weighted by Crippen LogP contribution is 2.26. The van der Waals surface area contributed by atoms with E-state index in [2.05, 4.69) is 13.8 Å². The zero-order chi connectivity index (χ0) is 7.61. The summed E-state index contributed by atoms with van der Waals surface area (Å²) in [6.45, 7) is 5.08. The lowest BCUT2D eigenvalue weighted by Gasteiger charge is -2.35. The minimum absolute atomic E-state index is 0.0671. The smallest absolute Gasteiger partial charge is 0.0697 e. The van der Waals surface area contributed by atoms with Gasteiger partial charge in [-0.05, 0) is 20.3 Å². The van der Waals surface area contributed by atoms with Crippen LogP contribution < -0.4 is 0 Å². The molecule has 0 saturated carbocycles. The molecule has 1 aliphatic rings. The normalized spacial score (nSPS) is 41.7. The predicted molar refractivity (Wildman–Crippen MR) is 40.1 cm³/mol. The largest absolute Gasteiger partial charge is 0.378 e. The number of ether oxygens (including phenoxy) is 2. The fraction of sp³-hybridized carbons (Fsp3) is 1.00. The van der Waals surface area contributed by atoms with Crippen LogP contribution in [-0.4, -0.2) is 25.4 Å². The molecule has 10 heavy (non-hydrogen) atoms. The number of hydrogen-bond donors (Lipinski definition) is 0. The Morgan fingerprint density at radius 1 is 1.60 bits per heavy atom. The molecular formula is C8H16O2. The first-order chi connectivity index (χ1) is 4.66. The molecule has 1 saturated heterocycles. The van der Waals surface area contributed by atoms with Gasteiger partial charge in [0.15, 0.2) is 0 Å². The minimum atomic E-state index is 0.0671. The Morgan fingerprint density at radius 2 is 2.30 bits per heavy atom. The highest BCUT2D eigenvalue weighted by Gasteiger charge is 2.30. The number of hydrogen-bond acceptors (Lipinski definition) is 2. The molecule has 0 N–H and O–H groups in total. The van der Waals surface area contributed by atoms with E-state index in [1.807, 2.05) is 0 Å². The quantitative estimate of drug-likeness (QED) is 0.556. The number of rotatable bonds is 1. The fourth-order valence-electron chi connectivity index (χ4n) is 1.43. The summed E-state index contributed by atoms with van der Waals surface area (Å²) in [6.07, 6.45) is 2.40. The van der Waals surface area contributed by atoms with E-state index < -0.39 is 0 Å². The van der Waals surface area contributed by atoms with Crippen LogP contribution in [0.2, 0.25) is 0 Å². The average molecular weight is 144 g/mol. The van der Waals surface area contributed by atoms with Gasteiger partial charge in [0.1, 0.15) is 0 Å². The van der Waals surface area contributed by atoms with Crippen molar-refractivity contribution in [3.05, 3.63) is 0 Å². The Hall–Kier alpha value is -0.0800. The highest BCUT2D eigenvalue weighted by atomic mass is 16.5. The van der Waals surface area contributed by atoms with Crippen LogP contribution in [0.5, 0.6) is 0 Å².